The molecule has 0 aromatic heterocycles. The van der Waals surface area contributed by atoms with Gasteiger partial charge in [0.2, 0.25) is 0 Å². The lowest BCUT2D eigenvalue weighted by Crippen LogP contribution is -2.13. The van der Waals surface area contributed by atoms with E-state index >= 15 is 0 Å². The minimum atomic E-state index is -1.18. The number of esters is 1. The van der Waals surface area contributed by atoms with E-state index < -0.39 is 11.9 Å². The summed E-state index contributed by atoms with van der Waals surface area (Å²) < 4.78 is 10.9. The quantitative estimate of drug-likeness (QED) is 0.534. The van der Waals surface area contributed by atoms with Crippen LogP contribution in [-0.4, -0.2) is 17.0 Å². The molecule has 0 aliphatic heterocycles. The first-order chi connectivity index (χ1) is 12.6. The molecule has 3 aromatic carbocycles. The molecule has 0 bridgehead atoms. The van der Waals surface area contributed by atoms with Gasteiger partial charge in [-0.25, -0.2) is 9.59 Å². The first-order valence-corrected chi connectivity index (χ1v) is 7.95. The Labute approximate surface area is 150 Å². The number of carboxylic acids is 1. The molecule has 3 rings (SSSR count). The molecule has 0 spiro atoms. The Morgan fingerprint density at radius 2 is 1.31 bits per heavy atom. The number of ether oxygens (including phenoxy) is 2. The molecule has 0 atom stereocenters. The number of hydrogen-bond donors (Lipinski definition) is 1. The Morgan fingerprint density at radius 1 is 0.731 bits per heavy atom. The van der Waals surface area contributed by atoms with Gasteiger partial charge in [0.05, 0.1) is 11.1 Å². The van der Waals surface area contributed by atoms with Crippen molar-refractivity contribution >= 4 is 11.9 Å². The van der Waals surface area contributed by atoms with Gasteiger partial charge in [-0.1, -0.05) is 42.5 Å². The van der Waals surface area contributed by atoms with Crippen molar-refractivity contribution in [3.05, 3.63) is 95.6 Å². The van der Waals surface area contributed by atoms with Crippen LogP contribution in [0.4, 0.5) is 0 Å². The van der Waals surface area contributed by atoms with Crippen molar-refractivity contribution in [2.75, 3.05) is 0 Å². The molecule has 0 unspecified atom stereocenters. The first kappa shape index (κ1) is 17.2. The minimum Gasteiger partial charge on any atom is -0.489 e. The maximum absolute atomic E-state index is 12.2. The molecule has 0 fully saturated rings. The monoisotopic (exact) mass is 348 g/mol. The van der Waals surface area contributed by atoms with Gasteiger partial charge in [-0.15, -0.1) is 0 Å². The summed E-state index contributed by atoms with van der Waals surface area (Å²) in [5, 5.41) is 9.15. The number of rotatable bonds is 6. The highest BCUT2D eigenvalue weighted by molar-refractivity contribution is 6.03. The average molecular weight is 348 g/mol. The number of carbonyl (C=O) groups excluding carboxylic acids is 1. The third-order valence-electron chi connectivity index (χ3n) is 3.66. The molecule has 3 aromatic rings. The topological polar surface area (TPSA) is 72.8 Å². The fraction of sp³-hybridized carbons (Fsp3) is 0.0476. The molecule has 0 radical (unpaired) electrons. The minimum absolute atomic E-state index is 0.00408. The zero-order chi connectivity index (χ0) is 18.4. The SMILES string of the molecule is O=C(O)c1ccccc1C(=O)Oc1ccc(OCc2ccccc2)cc1. The smallest absolute Gasteiger partial charge is 0.344 e. The maximum atomic E-state index is 12.2. The highest BCUT2D eigenvalue weighted by Crippen LogP contribution is 2.20. The standard InChI is InChI=1S/C21H16O5/c22-20(23)18-8-4-5-9-19(18)21(24)26-17-12-10-16(11-13-17)25-14-15-6-2-1-3-7-15/h1-13H,14H2,(H,22,23). The van der Waals surface area contributed by atoms with Gasteiger partial charge in [0.15, 0.2) is 0 Å². The van der Waals surface area contributed by atoms with E-state index in [-0.39, 0.29) is 11.1 Å². The Hall–Kier alpha value is -3.60. The van der Waals surface area contributed by atoms with E-state index in [2.05, 4.69) is 0 Å². The third kappa shape index (κ3) is 4.27. The molecule has 0 aliphatic carbocycles. The van der Waals surface area contributed by atoms with Crippen LogP contribution in [0.3, 0.4) is 0 Å². The first-order valence-electron chi connectivity index (χ1n) is 7.95. The van der Waals surface area contributed by atoms with E-state index in [0.29, 0.717) is 18.1 Å². The highest BCUT2D eigenvalue weighted by Gasteiger charge is 2.17. The normalized spacial score (nSPS) is 10.2. The highest BCUT2D eigenvalue weighted by atomic mass is 16.5. The Morgan fingerprint density at radius 3 is 1.96 bits per heavy atom. The molecule has 5 nitrogen and oxygen atoms in total. The van der Waals surface area contributed by atoms with Gasteiger partial charge >= 0.3 is 11.9 Å². The molecule has 0 heterocycles. The number of carbonyl (C=O) groups is 2. The second-order valence-corrected chi connectivity index (χ2v) is 5.49. The zero-order valence-corrected chi connectivity index (χ0v) is 13.8. The van der Waals surface area contributed by atoms with Crippen LogP contribution in [0.2, 0.25) is 0 Å². The van der Waals surface area contributed by atoms with Gasteiger partial charge in [-0.05, 0) is 42.0 Å². The number of aromatic carboxylic acids is 1. The van der Waals surface area contributed by atoms with Crippen LogP contribution in [0.5, 0.6) is 11.5 Å². The summed E-state index contributed by atoms with van der Waals surface area (Å²) in [6, 6.07) is 22.3. The Bertz CT molecular complexity index is 901. The largest absolute Gasteiger partial charge is 0.489 e. The van der Waals surface area contributed by atoms with Gasteiger partial charge in [-0.2, -0.15) is 0 Å². The average Bonchev–Trinajstić information content (AvgIpc) is 2.68. The second-order valence-electron chi connectivity index (χ2n) is 5.49. The number of benzene rings is 3. The lowest BCUT2D eigenvalue weighted by atomic mass is 10.1. The summed E-state index contributed by atoms with van der Waals surface area (Å²) in [5.41, 5.74) is 0.956. The van der Waals surface area contributed by atoms with Crippen LogP contribution >= 0.6 is 0 Å². The Kier molecular flexibility index (Phi) is 5.29. The van der Waals surface area contributed by atoms with E-state index in [1.807, 2.05) is 30.3 Å². The van der Waals surface area contributed by atoms with Gasteiger partial charge in [-0.3, -0.25) is 0 Å². The van der Waals surface area contributed by atoms with Gasteiger partial charge < -0.3 is 14.6 Å². The maximum Gasteiger partial charge on any atom is 0.344 e. The summed E-state index contributed by atoms with van der Waals surface area (Å²) in [6.07, 6.45) is 0. The van der Waals surface area contributed by atoms with Crippen LogP contribution < -0.4 is 9.47 Å². The Balaban J connectivity index is 1.64. The molecular formula is C21H16O5. The fourth-order valence-corrected chi connectivity index (χ4v) is 2.35. The lowest BCUT2D eigenvalue weighted by molar-refractivity contribution is 0.0668. The van der Waals surface area contributed by atoms with Crippen LogP contribution in [0.25, 0.3) is 0 Å². The van der Waals surface area contributed by atoms with Crippen molar-refractivity contribution in [2.45, 2.75) is 6.61 Å². The molecule has 26 heavy (non-hydrogen) atoms. The van der Waals surface area contributed by atoms with Crippen molar-refractivity contribution in [1.29, 1.82) is 0 Å². The summed E-state index contributed by atoms with van der Waals surface area (Å²) in [6.45, 7) is 0.436. The number of carboxylic acid groups (broad SMARTS) is 1. The van der Waals surface area contributed by atoms with E-state index in [9.17, 15) is 9.59 Å². The number of hydrogen-bond acceptors (Lipinski definition) is 4. The van der Waals surface area contributed by atoms with Gasteiger partial charge in [0, 0.05) is 0 Å². The van der Waals surface area contributed by atoms with E-state index in [1.165, 1.54) is 12.1 Å². The van der Waals surface area contributed by atoms with Crippen LogP contribution in [0.1, 0.15) is 26.3 Å². The van der Waals surface area contributed by atoms with Crippen LogP contribution in [0, 0.1) is 0 Å². The van der Waals surface area contributed by atoms with Crippen LogP contribution in [-0.2, 0) is 6.61 Å². The van der Waals surface area contributed by atoms with Crippen molar-refractivity contribution in [3.63, 3.8) is 0 Å². The predicted octanol–water partition coefficient (Wildman–Crippen LogP) is 4.18. The predicted molar refractivity (Wildman–Crippen MR) is 95.6 cm³/mol. The summed E-state index contributed by atoms with van der Waals surface area (Å²) >= 11 is 0. The molecule has 1 N–H and O–H groups in total. The van der Waals surface area contributed by atoms with E-state index in [0.717, 1.165) is 5.56 Å². The van der Waals surface area contributed by atoms with Crippen molar-refractivity contribution in [3.8, 4) is 11.5 Å². The van der Waals surface area contributed by atoms with Gasteiger partial charge in [0.1, 0.15) is 18.1 Å². The third-order valence-corrected chi connectivity index (χ3v) is 3.66. The summed E-state index contributed by atoms with van der Waals surface area (Å²) in [7, 11) is 0. The molecule has 130 valence electrons. The molecule has 0 aliphatic rings. The molecule has 0 saturated carbocycles. The fourth-order valence-electron chi connectivity index (χ4n) is 2.35. The molecule has 0 saturated heterocycles. The summed E-state index contributed by atoms with van der Waals surface area (Å²) in [4.78, 5) is 23.4. The van der Waals surface area contributed by atoms with E-state index in [4.69, 9.17) is 14.6 Å². The molecule has 5 heteroatoms. The molecular weight excluding hydrogens is 332 g/mol. The van der Waals surface area contributed by atoms with Crippen LogP contribution in [0.15, 0.2) is 78.9 Å². The van der Waals surface area contributed by atoms with Crippen molar-refractivity contribution < 1.29 is 24.2 Å². The van der Waals surface area contributed by atoms with Crippen molar-refractivity contribution in [2.24, 2.45) is 0 Å². The van der Waals surface area contributed by atoms with E-state index in [1.54, 1.807) is 36.4 Å². The molecule has 0 amide bonds. The lowest BCUT2D eigenvalue weighted by Gasteiger charge is -2.09. The zero-order valence-electron chi connectivity index (χ0n) is 13.8. The second kappa shape index (κ2) is 7.98. The van der Waals surface area contributed by atoms with Crippen molar-refractivity contribution in [1.82, 2.24) is 0 Å². The summed E-state index contributed by atoms with van der Waals surface area (Å²) in [5.74, 6) is -0.954. The van der Waals surface area contributed by atoms with Gasteiger partial charge in [0.25, 0.3) is 0 Å².